The summed E-state index contributed by atoms with van der Waals surface area (Å²) >= 11 is 0. The molecule has 2 aliphatic heterocycles. The van der Waals surface area contributed by atoms with Crippen LogP contribution in [0, 0.1) is 5.41 Å². The molecule has 3 aromatic rings. The van der Waals surface area contributed by atoms with Gasteiger partial charge in [-0.2, -0.15) is 4.31 Å². The molecule has 0 saturated carbocycles. The molecule has 0 unspecified atom stereocenters. The van der Waals surface area contributed by atoms with Crippen molar-refractivity contribution in [2.75, 3.05) is 26.2 Å². The Morgan fingerprint density at radius 1 is 1.17 bits per heavy atom. The van der Waals surface area contributed by atoms with Gasteiger partial charge in [-0.1, -0.05) is 12.1 Å². The molecule has 2 fully saturated rings. The van der Waals surface area contributed by atoms with Crippen molar-refractivity contribution < 1.29 is 13.2 Å². The van der Waals surface area contributed by atoms with Gasteiger partial charge in [0.1, 0.15) is 5.65 Å². The van der Waals surface area contributed by atoms with E-state index >= 15 is 0 Å². The molecule has 1 amide bonds. The van der Waals surface area contributed by atoms with E-state index in [0.717, 1.165) is 30.7 Å². The Hall–Kier alpha value is -2.75. The van der Waals surface area contributed by atoms with Crippen LogP contribution in [0.4, 0.5) is 0 Å². The lowest BCUT2D eigenvalue weighted by Crippen LogP contribution is -2.55. The first-order valence-corrected chi connectivity index (χ1v) is 11.4. The van der Waals surface area contributed by atoms with Crippen LogP contribution in [0.3, 0.4) is 0 Å². The Balaban J connectivity index is 1.23. The van der Waals surface area contributed by atoms with Crippen molar-refractivity contribution in [3.05, 3.63) is 66.1 Å². The summed E-state index contributed by atoms with van der Waals surface area (Å²) in [5.41, 5.74) is 2.28. The highest BCUT2D eigenvalue weighted by atomic mass is 32.2. The normalized spacial score (nSPS) is 18.5. The lowest BCUT2D eigenvalue weighted by Gasteiger charge is -2.39. The lowest BCUT2D eigenvalue weighted by atomic mass is 9.81. The third kappa shape index (κ3) is 3.38. The zero-order chi connectivity index (χ0) is 20.8. The number of aromatic nitrogens is 2. The number of amides is 1. The van der Waals surface area contributed by atoms with Crippen LogP contribution in [-0.2, 0) is 16.6 Å². The number of carbonyl (C=O) groups excluding carboxylic acids is 1. The second-order valence-electron chi connectivity index (χ2n) is 8.13. The minimum absolute atomic E-state index is 0.122. The molecule has 0 aliphatic carbocycles. The molecular weight excluding hydrogens is 402 g/mol. The summed E-state index contributed by atoms with van der Waals surface area (Å²) in [7, 11) is -3.48. The third-order valence-corrected chi connectivity index (χ3v) is 7.93. The second kappa shape index (κ2) is 7.19. The average molecular weight is 426 g/mol. The van der Waals surface area contributed by atoms with Gasteiger partial charge in [0, 0.05) is 56.7 Å². The first-order chi connectivity index (χ1) is 14.5. The fraction of sp³-hybridized carbons (Fsp3) is 0.333. The molecule has 9 heteroatoms. The van der Waals surface area contributed by atoms with E-state index in [1.54, 1.807) is 63.7 Å². The molecule has 2 aliphatic rings. The van der Waals surface area contributed by atoms with Crippen molar-refractivity contribution in [3.63, 3.8) is 0 Å². The number of pyridine rings is 1. The molecule has 2 N–H and O–H groups in total. The number of imidazole rings is 1. The van der Waals surface area contributed by atoms with Crippen LogP contribution in [0.5, 0.6) is 0 Å². The smallest absolute Gasteiger partial charge is 0.253 e. The lowest BCUT2D eigenvalue weighted by molar-refractivity contribution is 0.0950. The Bertz CT molecular complexity index is 1200. The van der Waals surface area contributed by atoms with Crippen molar-refractivity contribution in [2.45, 2.75) is 17.9 Å². The van der Waals surface area contributed by atoms with Crippen LogP contribution in [0.25, 0.3) is 5.65 Å². The molecule has 2 aromatic heterocycles. The predicted octanol–water partition coefficient (Wildman–Crippen LogP) is 1.25. The summed E-state index contributed by atoms with van der Waals surface area (Å²) in [5, 5.41) is 6.12. The van der Waals surface area contributed by atoms with Crippen LogP contribution in [0.2, 0.25) is 0 Å². The largest absolute Gasteiger partial charge is 0.348 e. The topological polar surface area (TPSA) is 95.8 Å². The van der Waals surface area contributed by atoms with E-state index in [9.17, 15) is 13.2 Å². The first kappa shape index (κ1) is 19.2. The van der Waals surface area contributed by atoms with Crippen molar-refractivity contribution >= 4 is 21.6 Å². The second-order valence-corrected chi connectivity index (χ2v) is 10.1. The molecule has 0 radical (unpaired) electrons. The van der Waals surface area contributed by atoms with Crippen LogP contribution < -0.4 is 10.6 Å². The summed E-state index contributed by atoms with van der Waals surface area (Å²) in [4.78, 5) is 16.9. The monoisotopic (exact) mass is 425 g/mol. The number of fused-ring (bicyclic) bond motifs is 1. The van der Waals surface area contributed by atoms with Gasteiger partial charge in [0.05, 0.1) is 10.5 Å². The van der Waals surface area contributed by atoms with Crippen molar-refractivity contribution in [3.8, 4) is 0 Å². The molecule has 5 rings (SSSR count). The summed E-state index contributed by atoms with van der Waals surface area (Å²) < 4.78 is 29.3. The zero-order valence-electron chi connectivity index (χ0n) is 16.4. The number of rotatable bonds is 5. The molecule has 1 aromatic carbocycles. The summed E-state index contributed by atoms with van der Waals surface area (Å²) in [6.07, 6.45) is 6.11. The van der Waals surface area contributed by atoms with E-state index in [1.807, 2.05) is 0 Å². The van der Waals surface area contributed by atoms with Crippen LogP contribution >= 0.6 is 0 Å². The van der Waals surface area contributed by atoms with Gasteiger partial charge in [0.25, 0.3) is 5.91 Å². The van der Waals surface area contributed by atoms with E-state index in [2.05, 4.69) is 15.6 Å². The number of benzene rings is 1. The molecular formula is C21H23N5O3S. The van der Waals surface area contributed by atoms with Crippen molar-refractivity contribution in [1.29, 1.82) is 0 Å². The van der Waals surface area contributed by atoms with Gasteiger partial charge < -0.3 is 15.0 Å². The third-order valence-electron chi connectivity index (χ3n) is 6.07. The van der Waals surface area contributed by atoms with Crippen LogP contribution in [0.15, 0.2) is 59.9 Å². The first-order valence-electron chi connectivity index (χ1n) is 9.96. The molecule has 2 saturated heterocycles. The van der Waals surface area contributed by atoms with E-state index < -0.39 is 10.0 Å². The SMILES string of the molecule is O=C(NCc1ccc(S(=O)(=O)N2CCC3(CNC3)C2)cc1)c1ccc2nccn2c1. The number of hydrogen-bond acceptors (Lipinski definition) is 5. The summed E-state index contributed by atoms with van der Waals surface area (Å²) in [5.74, 6) is -0.196. The predicted molar refractivity (Wildman–Crippen MR) is 111 cm³/mol. The molecule has 8 nitrogen and oxygen atoms in total. The Kier molecular flexibility index (Phi) is 4.61. The highest BCUT2D eigenvalue weighted by Crippen LogP contribution is 2.36. The number of nitrogens with zero attached hydrogens (tertiary/aromatic N) is 3. The maximum absolute atomic E-state index is 12.9. The van der Waals surface area contributed by atoms with Gasteiger partial charge >= 0.3 is 0 Å². The zero-order valence-corrected chi connectivity index (χ0v) is 17.2. The standard InChI is InChI=1S/C21H23N5O3S/c27-20(17-3-6-19-23-8-10-25(19)12-17)24-11-16-1-4-18(5-2-16)30(28,29)26-9-7-21(15-26)13-22-14-21/h1-6,8,10,12,22H,7,9,11,13-15H2,(H,24,27). The van der Waals surface area contributed by atoms with Gasteiger partial charge in [-0.3, -0.25) is 4.79 Å². The molecule has 4 heterocycles. The van der Waals surface area contributed by atoms with E-state index in [4.69, 9.17) is 0 Å². The molecule has 30 heavy (non-hydrogen) atoms. The molecule has 156 valence electrons. The van der Waals surface area contributed by atoms with Gasteiger partial charge in [-0.25, -0.2) is 13.4 Å². The highest BCUT2D eigenvalue weighted by molar-refractivity contribution is 7.89. The number of hydrogen-bond donors (Lipinski definition) is 2. The molecule has 1 spiro atoms. The minimum Gasteiger partial charge on any atom is -0.348 e. The number of carbonyl (C=O) groups is 1. The quantitative estimate of drug-likeness (QED) is 0.642. The summed E-state index contributed by atoms with van der Waals surface area (Å²) in [6.45, 7) is 3.26. The highest BCUT2D eigenvalue weighted by Gasteiger charge is 2.46. The van der Waals surface area contributed by atoms with Crippen LogP contribution in [-0.4, -0.2) is 54.2 Å². The molecule has 0 atom stereocenters. The van der Waals surface area contributed by atoms with Crippen molar-refractivity contribution in [1.82, 2.24) is 24.3 Å². The van der Waals surface area contributed by atoms with Gasteiger partial charge in [0.15, 0.2) is 0 Å². The van der Waals surface area contributed by atoms with Gasteiger partial charge in [0.2, 0.25) is 10.0 Å². The van der Waals surface area contributed by atoms with E-state index in [1.165, 1.54) is 0 Å². The maximum atomic E-state index is 12.9. The Morgan fingerprint density at radius 2 is 1.97 bits per heavy atom. The van der Waals surface area contributed by atoms with Gasteiger partial charge in [-0.05, 0) is 36.2 Å². The maximum Gasteiger partial charge on any atom is 0.253 e. The fourth-order valence-corrected chi connectivity index (χ4v) is 5.69. The average Bonchev–Trinajstić information content (AvgIpc) is 3.39. The number of sulfonamides is 1. The summed E-state index contributed by atoms with van der Waals surface area (Å²) in [6, 6.07) is 10.3. The Labute approximate surface area is 175 Å². The van der Waals surface area contributed by atoms with Crippen molar-refractivity contribution in [2.24, 2.45) is 5.41 Å². The fourth-order valence-electron chi connectivity index (χ4n) is 4.13. The Morgan fingerprint density at radius 3 is 2.67 bits per heavy atom. The minimum atomic E-state index is -3.48. The van der Waals surface area contributed by atoms with E-state index in [0.29, 0.717) is 30.1 Å². The van der Waals surface area contributed by atoms with Crippen LogP contribution in [0.1, 0.15) is 22.3 Å². The van der Waals surface area contributed by atoms with Gasteiger partial charge in [-0.15, -0.1) is 0 Å². The molecule has 0 bridgehead atoms. The number of nitrogens with one attached hydrogen (secondary N) is 2. The van der Waals surface area contributed by atoms with E-state index in [-0.39, 0.29) is 11.3 Å².